The second-order valence-electron chi connectivity index (χ2n) is 6.44. The highest BCUT2D eigenvalue weighted by Gasteiger charge is 2.17. The lowest BCUT2D eigenvalue weighted by Gasteiger charge is -2.24. The van der Waals surface area contributed by atoms with Gasteiger partial charge in [-0.2, -0.15) is 5.26 Å². The molecule has 1 atom stereocenters. The topological polar surface area (TPSA) is 93.4 Å². The number of nitrogens with zero attached hydrogens (tertiary/aromatic N) is 2. The lowest BCUT2D eigenvalue weighted by atomic mass is 10.0. The van der Waals surface area contributed by atoms with E-state index in [-0.39, 0.29) is 18.5 Å². The summed E-state index contributed by atoms with van der Waals surface area (Å²) in [6.45, 7) is 0.359. The molecular weight excluding hydrogens is 342 g/mol. The van der Waals surface area contributed by atoms with E-state index >= 15 is 0 Å². The highest BCUT2D eigenvalue weighted by Crippen LogP contribution is 2.10. The molecular formula is C21H23N3O3. The Morgan fingerprint density at radius 1 is 1.15 bits per heavy atom. The second-order valence-corrected chi connectivity index (χ2v) is 6.44. The molecule has 0 radical (unpaired) electrons. The number of nitrogens with one attached hydrogen (secondary N) is 1. The van der Waals surface area contributed by atoms with Crippen LogP contribution in [0.3, 0.4) is 0 Å². The predicted octanol–water partition coefficient (Wildman–Crippen LogP) is 3.18. The Balaban J connectivity index is 2.00. The number of rotatable bonds is 8. The zero-order chi connectivity index (χ0) is 19.6. The lowest BCUT2D eigenvalue weighted by molar-refractivity contribution is -0.137. The summed E-state index contributed by atoms with van der Waals surface area (Å²) in [7, 11) is 1.67. The Morgan fingerprint density at radius 3 is 2.52 bits per heavy atom. The Kier molecular flexibility index (Phi) is 7.38. The van der Waals surface area contributed by atoms with Gasteiger partial charge in [-0.1, -0.05) is 42.5 Å². The molecule has 6 nitrogen and oxygen atoms in total. The minimum atomic E-state index is -0.885. The van der Waals surface area contributed by atoms with E-state index in [4.69, 9.17) is 10.4 Å². The third kappa shape index (κ3) is 6.83. The molecule has 0 heterocycles. The van der Waals surface area contributed by atoms with Crippen LogP contribution in [0.5, 0.6) is 0 Å². The van der Waals surface area contributed by atoms with Crippen LogP contribution in [0.2, 0.25) is 0 Å². The van der Waals surface area contributed by atoms with Crippen molar-refractivity contribution in [2.75, 3.05) is 7.05 Å². The average Bonchev–Trinajstić information content (AvgIpc) is 2.67. The van der Waals surface area contributed by atoms with Crippen molar-refractivity contribution < 1.29 is 14.7 Å². The maximum Gasteiger partial charge on any atom is 0.317 e. The normalized spacial score (nSPS) is 11.3. The summed E-state index contributed by atoms with van der Waals surface area (Å²) in [4.78, 5) is 25.0. The molecule has 0 saturated carbocycles. The van der Waals surface area contributed by atoms with E-state index in [2.05, 4.69) is 11.4 Å². The smallest absolute Gasteiger partial charge is 0.317 e. The summed E-state index contributed by atoms with van der Waals surface area (Å²) in [5.74, 6) is -0.885. The molecule has 2 aromatic carbocycles. The summed E-state index contributed by atoms with van der Waals surface area (Å²) in [6.07, 6.45) is 0.914. The van der Waals surface area contributed by atoms with E-state index < -0.39 is 5.97 Å². The number of hydrogen-bond donors (Lipinski definition) is 2. The van der Waals surface area contributed by atoms with Gasteiger partial charge in [-0.25, -0.2) is 4.79 Å². The monoisotopic (exact) mass is 365 g/mol. The molecule has 2 amide bonds. The summed E-state index contributed by atoms with van der Waals surface area (Å²) in [5.41, 5.74) is 2.44. The second kappa shape index (κ2) is 9.97. The van der Waals surface area contributed by atoms with Crippen LogP contribution >= 0.6 is 0 Å². The molecule has 0 aliphatic heterocycles. The van der Waals surface area contributed by atoms with E-state index in [0.717, 1.165) is 11.1 Å². The van der Waals surface area contributed by atoms with Crippen LogP contribution in [0.4, 0.5) is 4.79 Å². The molecule has 0 bridgehead atoms. The zero-order valence-electron chi connectivity index (χ0n) is 15.3. The standard InChI is InChI=1S/C21H23N3O3/c1-24(15-18-9-5-8-17(12-18)14-22)21(27)23-19(10-11-20(25)26)13-16-6-3-2-4-7-16/h2-9,12,19H,10-11,13,15H2,1H3,(H,23,27)(H,25,26). The predicted molar refractivity (Wildman–Crippen MR) is 102 cm³/mol. The molecule has 6 heteroatoms. The molecule has 1 unspecified atom stereocenters. The van der Waals surface area contributed by atoms with Crippen molar-refractivity contribution in [3.05, 3.63) is 71.3 Å². The van der Waals surface area contributed by atoms with Gasteiger partial charge in [0.25, 0.3) is 0 Å². The number of amides is 2. The first kappa shape index (κ1) is 20.0. The first-order valence-electron chi connectivity index (χ1n) is 8.74. The van der Waals surface area contributed by atoms with Gasteiger partial charge in [-0.15, -0.1) is 0 Å². The van der Waals surface area contributed by atoms with Crippen molar-refractivity contribution in [3.8, 4) is 6.07 Å². The maximum atomic E-state index is 12.5. The quantitative estimate of drug-likeness (QED) is 0.751. The number of carbonyl (C=O) groups is 2. The van der Waals surface area contributed by atoms with Crippen LogP contribution in [0.15, 0.2) is 54.6 Å². The number of carboxylic acids is 1. The van der Waals surface area contributed by atoms with Gasteiger partial charge in [0.2, 0.25) is 0 Å². The fraction of sp³-hybridized carbons (Fsp3) is 0.286. The lowest BCUT2D eigenvalue weighted by Crippen LogP contribution is -2.44. The molecule has 0 aromatic heterocycles. The van der Waals surface area contributed by atoms with Gasteiger partial charge >= 0.3 is 12.0 Å². The summed E-state index contributed by atoms with van der Waals surface area (Å²) >= 11 is 0. The minimum Gasteiger partial charge on any atom is -0.481 e. The number of carbonyl (C=O) groups excluding carboxylic acids is 1. The molecule has 2 rings (SSSR count). The largest absolute Gasteiger partial charge is 0.481 e. The number of nitriles is 1. The average molecular weight is 365 g/mol. The number of benzene rings is 2. The summed E-state index contributed by atoms with van der Waals surface area (Å²) < 4.78 is 0. The minimum absolute atomic E-state index is 0.00822. The zero-order valence-corrected chi connectivity index (χ0v) is 15.3. The number of carboxylic acid groups (broad SMARTS) is 1. The Labute approximate surface area is 159 Å². The molecule has 0 spiro atoms. The molecule has 2 aromatic rings. The van der Waals surface area contributed by atoms with Crippen LogP contribution in [0.1, 0.15) is 29.5 Å². The van der Waals surface area contributed by atoms with Gasteiger partial charge < -0.3 is 15.3 Å². The first-order valence-corrected chi connectivity index (χ1v) is 8.74. The molecule has 140 valence electrons. The van der Waals surface area contributed by atoms with Crippen LogP contribution in [0, 0.1) is 11.3 Å². The van der Waals surface area contributed by atoms with Crippen molar-refractivity contribution >= 4 is 12.0 Å². The van der Waals surface area contributed by atoms with Crippen molar-refractivity contribution in [2.24, 2.45) is 0 Å². The third-order valence-electron chi connectivity index (χ3n) is 4.18. The molecule has 0 saturated heterocycles. The van der Waals surface area contributed by atoms with Gasteiger partial charge in [-0.05, 0) is 36.1 Å². The van der Waals surface area contributed by atoms with Crippen molar-refractivity contribution in [2.45, 2.75) is 31.8 Å². The maximum absolute atomic E-state index is 12.5. The number of aliphatic carboxylic acids is 1. The van der Waals surface area contributed by atoms with E-state index in [1.54, 1.807) is 25.2 Å². The number of urea groups is 1. The Bertz CT molecular complexity index is 815. The van der Waals surface area contributed by atoms with Crippen LogP contribution in [0.25, 0.3) is 0 Å². The SMILES string of the molecule is CN(Cc1cccc(C#N)c1)C(=O)NC(CCC(=O)O)Cc1ccccc1. The van der Waals surface area contributed by atoms with Gasteiger partial charge in [0.1, 0.15) is 0 Å². The van der Waals surface area contributed by atoms with E-state index in [1.165, 1.54) is 4.90 Å². The van der Waals surface area contributed by atoms with Gasteiger partial charge in [0.15, 0.2) is 0 Å². The molecule has 27 heavy (non-hydrogen) atoms. The number of hydrogen-bond acceptors (Lipinski definition) is 3. The van der Waals surface area contributed by atoms with Crippen molar-refractivity contribution in [1.29, 1.82) is 5.26 Å². The van der Waals surface area contributed by atoms with Crippen molar-refractivity contribution in [1.82, 2.24) is 10.2 Å². The van der Waals surface area contributed by atoms with E-state index in [1.807, 2.05) is 36.4 Å². The molecule has 2 N–H and O–H groups in total. The first-order chi connectivity index (χ1) is 13.0. The van der Waals surface area contributed by atoms with Gasteiger partial charge in [0.05, 0.1) is 11.6 Å². The van der Waals surface area contributed by atoms with Crippen LogP contribution in [-0.2, 0) is 17.8 Å². The van der Waals surface area contributed by atoms with Gasteiger partial charge in [0, 0.05) is 26.1 Å². The fourth-order valence-electron chi connectivity index (χ4n) is 2.79. The van der Waals surface area contributed by atoms with E-state index in [9.17, 15) is 9.59 Å². The molecule has 0 aliphatic carbocycles. The summed E-state index contributed by atoms with van der Waals surface area (Å²) in [6, 6.07) is 18.3. The van der Waals surface area contributed by atoms with Crippen LogP contribution in [-0.4, -0.2) is 35.1 Å². The van der Waals surface area contributed by atoms with Crippen molar-refractivity contribution in [3.63, 3.8) is 0 Å². The molecule has 0 fully saturated rings. The van der Waals surface area contributed by atoms with E-state index in [0.29, 0.717) is 24.9 Å². The Hall–Kier alpha value is -3.33. The summed E-state index contributed by atoms with van der Waals surface area (Å²) in [5, 5.41) is 20.9. The third-order valence-corrected chi connectivity index (χ3v) is 4.18. The highest BCUT2D eigenvalue weighted by atomic mass is 16.4. The van der Waals surface area contributed by atoms with Gasteiger partial charge in [-0.3, -0.25) is 4.79 Å². The highest BCUT2D eigenvalue weighted by molar-refractivity contribution is 5.74. The van der Waals surface area contributed by atoms with Crippen LogP contribution < -0.4 is 5.32 Å². The molecule has 0 aliphatic rings. The Morgan fingerprint density at radius 2 is 1.85 bits per heavy atom. The fourth-order valence-corrected chi connectivity index (χ4v) is 2.79.